The number of nitrogens with zero attached hydrogens (tertiary/aromatic N) is 2. The number of para-hydroxylation sites is 1. The summed E-state index contributed by atoms with van der Waals surface area (Å²) in [5, 5.41) is 9.83. The second-order valence-corrected chi connectivity index (χ2v) is 7.40. The van der Waals surface area contributed by atoms with E-state index in [4.69, 9.17) is 6.42 Å². The maximum Gasteiger partial charge on any atom is 0.272 e. The summed E-state index contributed by atoms with van der Waals surface area (Å²) in [7, 11) is 1.70. The fraction of sp³-hybridized carbons (Fsp3) is 0.208. The Kier molecular flexibility index (Phi) is 5.36. The smallest absolute Gasteiger partial charge is 0.272 e. The average Bonchev–Trinajstić information content (AvgIpc) is 3.21. The minimum absolute atomic E-state index is 0.230. The number of amides is 2. The molecule has 6 nitrogen and oxygen atoms in total. The molecule has 0 bridgehead atoms. The van der Waals surface area contributed by atoms with Crippen molar-refractivity contribution < 1.29 is 9.59 Å². The molecule has 3 aromatic rings. The van der Waals surface area contributed by atoms with Crippen molar-refractivity contribution in [2.45, 2.75) is 18.9 Å². The quantitative estimate of drug-likeness (QED) is 0.663. The van der Waals surface area contributed by atoms with E-state index in [9.17, 15) is 9.59 Å². The van der Waals surface area contributed by atoms with E-state index in [1.54, 1.807) is 18.0 Å². The summed E-state index contributed by atoms with van der Waals surface area (Å²) in [6.07, 6.45) is 6.88. The van der Waals surface area contributed by atoms with Crippen LogP contribution in [0.15, 0.2) is 60.7 Å². The third-order valence-electron chi connectivity index (χ3n) is 5.39. The van der Waals surface area contributed by atoms with Crippen molar-refractivity contribution >= 4 is 17.5 Å². The highest BCUT2D eigenvalue weighted by Crippen LogP contribution is 2.28. The van der Waals surface area contributed by atoms with Crippen LogP contribution in [-0.4, -0.2) is 35.1 Å². The van der Waals surface area contributed by atoms with Gasteiger partial charge in [-0.2, -0.15) is 5.10 Å². The molecular formula is C24H22N4O2. The average molecular weight is 398 g/mol. The second kappa shape index (κ2) is 8.26. The number of hydrogen-bond donors (Lipinski definition) is 2. The van der Waals surface area contributed by atoms with Gasteiger partial charge in [-0.05, 0) is 29.7 Å². The Labute approximate surface area is 175 Å². The summed E-state index contributed by atoms with van der Waals surface area (Å²) in [6, 6.07) is 18.4. The molecule has 2 heterocycles. The monoisotopic (exact) mass is 398 g/mol. The second-order valence-electron chi connectivity index (χ2n) is 7.40. The number of likely N-dealkylation sites (N-methyl/N-ethyl adjacent to an activating group) is 1. The Morgan fingerprint density at radius 3 is 2.73 bits per heavy atom. The third-order valence-corrected chi connectivity index (χ3v) is 5.39. The number of benzene rings is 2. The Morgan fingerprint density at radius 1 is 1.23 bits per heavy atom. The van der Waals surface area contributed by atoms with Crippen molar-refractivity contribution in [3.63, 3.8) is 0 Å². The van der Waals surface area contributed by atoms with Crippen molar-refractivity contribution in [2.24, 2.45) is 5.92 Å². The van der Waals surface area contributed by atoms with Gasteiger partial charge in [-0.15, -0.1) is 12.3 Å². The molecule has 0 unspecified atom stereocenters. The van der Waals surface area contributed by atoms with Crippen molar-refractivity contribution in [1.29, 1.82) is 0 Å². The number of nitrogens with one attached hydrogen (secondary N) is 2. The van der Waals surface area contributed by atoms with Crippen LogP contribution in [0.5, 0.6) is 0 Å². The molecule has 150 valence electrons. The first-order chi connectivity index (χ1) is 14.6. The minimum Gasteiger partial charge on any atom is -0.338 e. The van der Waals surface area contributed by atoms with E-state index >= 15 is 0 Å². The number of aromatic nitrogens is 2. The van der Waals surface area contributed by atoms with Gasteiger partial charge in [0.15, 0.2) is 0 Å². The number of rotatable bonds is 4. The maximum absolute atomic E-state index is 13.1. The molecule has 0 saturated heterocycles. The van der Waals surface area contributed by atoms with Crippen molar-refractivity contribution in [3.05, 3.63) is 83.2 Å². The fourth-order valence-electron chi connectivity index (χ4n) is 3.78. The number of H-pyrrole nitrogens is 1. The molecule has 2 N–H and O–H groups in total. The van der Waals surface area contributed by atoms with Crippen LogP contribution >= 0.6 is 0 Å². The summed E-state index contributed by atoms with van der Waals surface area (Å²) in [6.45, 7) is 0. The Balaban J connectivity index is 1.52. The van der Waals surface area contributed by atoms with Crippen LogP contribution in [-0.2, 0) is 17.6 Å². The summed E-state index contributed by atoms with van der Waals surface area (Å²) in [5.41, 5.74) is 3.95. The van der Waals surface area contributed by atoms with Crippen LogP contribution in [0.4, 0.5) is 5.69 Å². The highest BCUT2D eigenvalue weighted by atomic mass is 16.2. The molecular weight excluding hydrogens is 376 g/mol. The van der Waals surface area contributed by atoms with Gasteiger partial charge >= 0.3 is 0 Å². The normalized spacial score (nSPS) is 18.3. The SMILES string of the molecule is C#C[C@@H]1Cc2ccccc2N(C)C(=O)[C@@H]1NC(=O)c1cc(Cc2ccccc2)[nH]n1. The lowest BCUT2D eigenvalue weighted by Gasteiger charge is -2.24. The molecule has 4 rings (SSSR count). The van der Waals surface area contributed by atoms with E-state index < -0.39 is 17.9 Å². The van der Waals surface area contributed by atoms with Crippen LogP contribution in [0.25, 0.3) is 0 Å². The van der Waals surface area contributed by atoms with E-state index in [-0.39, 0.29) is 11.6 Å². The lowest BCUT2D eigenvalue weighted by atomic mass is 9.93. The van der Waals surface area contributed by atoms with Crippen molar-refractivity contribution in [3.8, 4) is 12.3 Å². The van der Waals surface area contributed by atoms with Gasteiger partial charge in [0.05, 0.1) is 5.92 Å². The topological polar surface area (TPSA) is 78.1 Å². The first-order valence-electron chi connectivity index (χ1n) is 9.77. The molecule has 1 aliphatic heterocycles. The van der Waals surface area contributed by atoms with Gasteiger partial charge < -0.3 is 10.2 Å². The summed E-state index contributed by atoms with van der Waals surface area (Å²) >= 11 is 0. The number of carbonyl (C=O) groups is 2. The number of anilines is 1. The van der Waals surface area contributed by atoms with E-state index in [1.807, 2.05) is 54.6 Å². The highest BCUT2D eigenvalue weighted by molar-refractivity contribution is 6.02. The zero-order chi connectivity index (χ0) is 21.1. The van der Waals surface area contributed by atoms with Gasteiger partial charge in [0.25, 0.3) is 11.8 Å². The zero-order valence-corrected chi connectivity index (χ0v) is 16.6. The molecule has 2 atom stereocenters. The van der Waals surface area contributed by atoms with Gasteiger partial charge in [-0.25, -0.2) is 0 Å². The third kappa shape index (κ3) is 3.83. The molecule has 0 fully saturated rings. The Hall–Kier alpha value is -3.85. The molecule has 0 saturated carbocycles. The Bertz CT molecular complexity index is 1110. The molecule has 0 radical (unpaired) electrons. The van der Waals surface area contributed by atoms with Gasteiger partial charge in [0.2, 0.25) is 0 Å². The fourth-order valence-corrected chi connectivity index (χ4v) is 3.78. The number of terminal acetylenes is 1. The van der Waals surface area contributed by atoms with Crippen LogP contribution in [0.3, 0.4) is 0 Å². The first-order valence-corrected chi connectivity index (χ1v) is 9.77. The standard InChI is InChI=1S/C24H22N4O2/c1-3-17-14-18-11-7-8-12-21(18)28(2)24(30)22(17)25-23(29)20-15-19(26-27-20)13-16-9-5-4-6-10-16/h1,4-12,15,17,22H,13-14H2,2H3,(H,25,29)(H,26,27)/t17-,22-/m1/s1. The van der Waals surface area contributed by atoms with Crippen molar-refractivity contribution in [1.82, 2.24) is 15.5 Å². The van der Waals surface area contributed by atoms with Crippen LogP contribution in [0.2, 0.25) is 0 Å². The van der Waals surface area contributed by atoms with E-state index in [0.717, 1.165) is 22.5 Å². The number of fused-ring (bicyclic) bond motifs is 1. The molecule has 1 aliphatic rings. The van der Waals surface area contributed by atoms with Crippen LogP contribution in [0, 0.1) is 18.3 Å². The highest BCUT2D eigenvalue weighted by Gasteiger charge is 2.36. The van der Waals surface area contributed by atoms with E-state index in [2.05, 4.69) is 21.4 Å². The van der Waals surface area contributed by atoms with Crippen molar-refractivity contribution in [2.75, 3.05) is 11.9 Å². The van der Waals surface area contributed by atoms with Crippen LogP contribution < -0.4 is 10.2 Å². The first kappa shape index (κ1) is 19.5. The summed E-state index contributed by atoms with van der Waals surface area (Å²) < 4.78 is 0. The summed E-state index contributed by atoms with van der Waals surface area (Å²) in [5.74, 6) is 1.57. The van der Waals surface area contributed by atoms with E-state index in [0.29, 0.717) is 12.8 Å². The molecule has 0 aliphatic carbocycles. The Morgan fingerprint density at radius 2 is 1.97 bits per heavy atom. The molecule has 1 aromatic heterocycles. The molecule has 0 spiro atoms. The predicted molar refractivity (Wildman–Crippen MR) is 115 cm³/mol. The predicted octanol–water partition coefficient (Wildman–Crippen LogP) is 2.57. The lowest BCUT2D eigenvalue weighted by molar-refractivity contribution is -0.120. The number of carbonyl (C=O) groups excluding carboxylic acids is 2. The van der Waals surface area contributed by atoms with Gasteiger partial charge in [-0.3, -0.25) is 14.7 Å². The maximum atomic E-state index is 13.1. The number of aromatic amines is 1. The zero-order valence-electron chi connectivity index (χ0n) is 16.6. The molecule has 30 heavy (non-hydrogen) atoms. The minimum atomic E-state index is -0.825. The largest absolute Gasteiger partial charge is 0.338 e. The van der Waals surface area contributed by atoms with Crippen LogP contribution in [0.1, 0.15) is 27.3 Å². The summed E-state index contributed by atoms with van der Waals surface area (Å²) in [4.78, 5) is 27.5. The lowest BCUT2D eigenvalue weighted by Crippen LogP contribution is -2.50. The van der Waals surface area contributed by atoms with Gasteiger partial charge in [0, 0.05) is 24.8 Å². The number of hydrogen-bond acceptors (Lipinski definition) is 3. The molecule has 2 aromatic carbocycles. The molecule has 6 heteroatoms. The van der Waals surface area contributed by atoms with Gasteiger partial charge in [0.1, 0.15) is 11.7 Å². The van der Waals surface area contributed by atoms with Gasteiger partial charge in [-0.1, -0.05) is 48.5 Å². The van der Waals surface area contributed by atoms with E-state index in [1.165, 1.54) is 0 Å². The molecule has 2 amide bonds.